The van der Waals surface area contributed by atoms with E-state index in [1.54, 1.807) is 6.92 Å². The number of halogens is 1. The van der Waals surface area contributed by atoms with Crippen LogP contribution in [-0.2, 0) is 9.53 Å². The highest BCUT2D eigenvalue weighted by Crippen LogP contribution is 2.31. The van der Waals surface area contributed by atoms with E-state index in [4.69, 9.17) is 4.74 Å². The van der Waals surface area contributed by atoms with Gasteiger partial charge in [0.1, 0.15) is 0 Å². The number of urea groups is 1. The van der Waals surface area contributed by atoms with Gasteiger partial charge in [0.05, 0.1) is 18.7 Å². The number of nitrogens with one attached hydrogen (secondary N) is 1. The third-order valence-corrected chi connectivity index (χ3v) is 4.05. The van der Waals surface area contributed by atoms with E-state index in [2.05, 4.69) is 21.2 Å². The Balaban J connectivity index is 2.52. The molecule has 0 saturated heterocycles. The van der Waals surface area contributed by atoms with Crippen molar-refractivity contribution < 1.29 is 14.3 Å². The maximum Gasteiger partial charge on any atom is 0.337 e. The topological polar surface area (TPSA) is 58.6 Å². The van der Waals surface area contributed by atoms with Crippen molar-refractivity contribution in [2.24, 2.45) is 0 Å². The summed E-state index contributed by atoms with van der Waals surface area (Å²) in [6.07, 6.45) is 0. The number of nitrogens with zero attached hydrogens (tertiary/aromatic N) is 1. The second-order valence-electron chi connectivity index (χ2n) is 4.67. The number of carbonyl (C=O) groups is 2. The number of hydrogen-bond acceptors (Lipinski definition) is 3. The summed E-state index contributed by atoms with van der Waals surface area (Å²) in [7, 11) is 1.34. The predicted molar refractivity (Wildman–Crippen MR) is 82.5 cm³/mol. The van der Waals surface area contributed by atoms with Gasteiger partial charge in [0.2, 0.25) is 0 Å². The number of ether oxygens (including phenoxy) is 1. The highest BCUT2D eigenvalue weighted by atomic mass is 79.9. The van der Waals surface area contributed by atoms with Crippen LogP contribution in [-0.4, -0.2) is 30.6 Å². The molecule has 1 atom stereocenters. The quantitative estimate of drug-likeness (QED) is 0.850. The van der Waals surface area contributed by atoms with E-state index in [-0.39, 0.29) is 6.03 Å². The number of esters is 1. The molecule has 0 spiro atoms. The molecule has 21 heavy (non-hydrogen) atoms. The Morgan fingerprint density at radius 1 is 1.38 bits per heavy atom. The van der Waals surface area contributed by atoms with Gasteiger partial charge in [-0.3, -0.25) is 4.90 Å². The summed E-state index contributed by atoms with van der Waals surface area (Å²) in [6, 6.07) is 6.77. The van der Waals surface area contributed by atoms with Gasteiger partial charge in [0, 0.05) is 16.7 Å². The molecule has 1 heterocycles. The zero-order valence-corrected chi connectivity index (χ0v) is 13.7. The lowest BCUT2D eigenvalue weighted by Gasteiger charge is -2.34. The van der Waals surface area contributed by atoms with Crippen molar-refractivity contribution >= 4 is 27.9 Å². The number of hydrogen-bond donors (Lipinski definition) is 1. The lowest BCUT2D eigenvalue weighted by molar-refractivity contribution is -0.136. The monoisotopic (exact) mass is 352 g/mol. The molecule has 0 saturated carbocycles. The Labute approximate surface area is 132 Å². The molecule has 0 aromatic heterocycles. The van der Waals surface area contributed by atoms with Crippen molar-refractivity contribution in [3.8, 4) is 0 Å². The number of carbonyl (C=O) groups excluding carboxylic acids is 2. The molecular formula is C15H17BrN2O3. The molecule has 0 fully saturated rings. The first-order valence-corrected chi connectivity index (χ1v) is 7.41. The van der Waals surface area contributed by atoms with Gasteiger partial charge in [0.25, 0.3) is 0 Å². The fraction of sp³-hybridized carbons (Fsp3) is 0.333. The van der Waals surface area contributed by atoms with Crippen LogP contribution in [0.5, 0.6) is 0 Å². The maximum atomic E-state index is 12.2. The van der Waals surface area contributed by atoms with Crippen LogP contribution in [0.4, 0.5) is 4.79 Å². The summed E-state index contributed by atoms with van der Waals surface area (Å²) in [5.41, 5.74) is 1.92. The van der Waals surface area contributed by atoms with E-state index in [0.717, 1.165) is 10.0 Å². The summed E-state index contributed by atoms with van der Waals surface area (Å²) in [5, 5.41) is 2.86. The molecule has 6 heteroatoms. The lowest BCUT2D eigenvalue weighted by Crippen LogP contribution is -2.47. The molecule has 112 valence electrons. The second-order valence-corrected chi connectivity index (χ2v) is 5.58. The summed E-state index contributed by atoms with van der Waals surface area (Å²) >= 11 is 3.37. The average Bonchev–Trinajstić information content (AvgIpc) is 2.47. The number of methoxy groups -OCH3 is 1. The van der Waals surface area contributed by atoms with Crippen molar-refractivity contribution in [1.29, 1.82) is 0 Å². The van der Waals surface area contributed by atoms with Crippen LogP contribution in [0.2, 0.25) is 0 Å². The first-order valence-electron chi connectivity index (χ1n) is 6.62. The van der Waals surface area contributed by atoms with Crippen molar-refractivity contribution in [2.75, 3.05) is 13.7 Å². The molecule has 1 N–H and O–H groups in total. The minimum atomic E-state index is -0.499. The number of amides is 2. The van der Waals surface area contributed by atoms with Gasteiger partial charge in [-0.05, 0) is 31.5 Å². The van der Waals surface area contributed by atoms with Gasteiger partial charge in [-0.25, -0.2) is 9.59 Å². The Hall–Kier alpha value is -1.82. The Bertz CT molecular complexity index is 595. The molecule has 1 aromatic rings. The summed E-state index contributed by atoms with van der Waals surface area (Å²) in [4.78, 5) is 25.8. The van der Waals surface area contributed by atoms with Gasteiger partial charge in [-0.1, -0.05) is 28.1 Å². The normalized spacial score (nSPS) is 18.6. The van der Waals surface area contributed by atoms with Crippen LogP contribution >= 0.6 is 15.9 Å². The summed E-state index contributed by atoms with van der Waals surface area (Å²) < 4.78 is 5.81. The van der Waals surface area contributed by atoms with Crippen LogP contribution in [0.15, 0.2) is 40.0 Å². The van der Waals surface area contributed by atoms with Crippen LogP contribution in [0.25, 0.3) is 0 Å². The highest BCUT2D eigenvalue weighted by Gasteiger charge is 2.35. The molecule has 1 aliphatic heterocycles. The van der Waals surface area contributed by atoms with Crippen molar-refractivity contribution in [3.05, 3.63) is 45.6 Å². The third-order valence-electron chi connectivity index (χ3n) is 3.52. The third kappa shape index (κ3) is 2.95. The smallest absolute Gasteiger partial charge is 0.337 e. The molecule has 5 nitrogen and oxygen atoms in total. The second kappa shape index (κ2) is 6.30. The van der Waals surface area contributed by atoms with Crippen LogP contribution < -0.4 is 5.32 Å². The molecule has 0 bridgehead atoms. The van der Waals surface area contributed by atoms with E-state index < -0.39 is 12.0 Å². The van der Waals surface area contributed by atoms with E-state index in [1.165, 1.54) is 12.0 Å². The van der Waals surface area contributed by atoms with Gasteiger partial charge >= 0.3 is 12.0 Å². The molecular weight excluding hydrogens is 336 g/mol. The molecule has 0 unspecified atom stereocenters. The van der Waals surface area contributed by atoms with Crippen molar-refractivity contribution in [2.45, 2.75) is 19.9 Å². The number of allylic oxidation sites excluding steroid dienone is 1. The lowest BCUT2D eigenvalue weighted by atomic mass is 9.95. The minimum absolute atomic E-state index is 0.212. The van der Waals surface area contributed by atoms with E-state index in [1.807, 2.05) is 31.2 Å². The fourth-order valence-electron chi connectivity index (χ4n) is 2.44. The van der Waals surface area contributed by atoms with E-state index in [0.29, 0.717) is 17.8 Å². The molecule has 2 amide bonds. The van der Waals surface area contributed by atoms with Gasteiger partial charge in [0.15, 0.2) is 0 Å². The standard InChI is InChI=1S/C15H17BrN2O3/c1-4-18-9(2)12(14(19)21-3)13(17-15(18)20)10-5-7-11(16)8-6-10/h5-8,13H,4H2,1-3H3,(H,17,20)/t13-/m1/s1. The van der Waals surface area contributed by atoms with Gasteiger partial charge in [-0.15, -0.1) is 0 Å². The van der Waals surface area contributed by atoms with Crippen LogP contribution in [0.1, 0.15) is 25.5 Å². The fourth-order valence-corrected chi connectivity index (χ4v) is 2.71. The number of benzene rings is 1. The summed E-state index contributed by atoms with van der Waals surface area (Å²) in [6.45, 7) is 4.11. The summed E-state index contributed by atoms with van der Waals surface area (Å²) in [5.74, 6) is -0.432. The van der Waals surface area contributed by atoms with Gasteiger partial charge < -0.3 is 10.1 Å². The zero-order chi connectivity index (χ0) is 15.6. The first kappa shape index (κ1) is 15.6. The highest BCUT2D eigenvalue weighted by molar-refractivity contribution is 9.10. The van der Waals surface area contributed by atoms with E-state index in [9.17, 15) is 9.59 Å². The van der Waals surface area contributed by atoms with Crippen LogP contribution in [0.3, 0.4) is 0 Å². The largest absolute Gasteiger partial charge is 0.466 e. The number of rotatable bonds is 3. The minimum Gasteiger partial charge on any atom is -0.466 e. The molecule has 1 aromatic carbocycles. The zero-order valence-electron chi connectivity index (χ0n) is 12.1. The molecule has 1 aliphatic rings. The molecule has 0 aliphatic carbocycles. The maximum absolute atomic E-state index is 12.2. The predicted octanol–water partition coefficient (Wildman–Crippen LogP) is 2.98. The first-order chi connectivity index (χ1) is 9.99. The Kier molecular flexibility index (Phi) is 4.67. The van der Waals surface area contributed by atoms with Gasteiger partial charge in [-0.2, -0.15) is 0 Å². The SMILES string of the molecule is CCN1C(=O)N[C@H](c2ccc(Br)cc2)C(C(=O)OC)=C1C. The van der Waals surface area contributed by atoms with Crippen LogP contribution in [0, 0.1) is 0 Å². The Morgan fingerprint density at radius 2 is 2.00 bits per heavy atom. The van der Waals surface area contributed by atoms with E-state index >= 15 is 0 Å². The Morgan fingerprint density at radius 3 is 2.52 bits per heavy atom. The average molecular weight is 353 g/mol. The molecule has 2 rings (SSSR count). The van der Waals surface area contributed by atoms with Crippen molar-refractivity contribution in [1.82, 2.24) is 10.2 Å². The van der Waals surface area contributed by atoms with Crippen molar-refractivity contribution in [3.63, 3.8) is 0 Å². The molecule has 0 radical (unpaired) electrons.